The number of pyridine rings is 1. The molecule has 0 saturated carbocycles. The van der Waals surface area contributed by atoms with Crippen LogP contribution in [0.2, 0.25) is 10.0 Å². The maximum Gasteiger partial charge on any atom is 0.234 e. The Morgan fingerprint density at radius 2 is 2.04 bits per heavy atom. The Kier molecular flexibility index (Phi) is 5.67. The van der Waals surface area contributed by atoms with Crippen molar-refractivity contribution in [1.82, 2.24) is 4.98 Å². The van der Waals surface area contributed by atoms with Gasteiger partial charge in [-0.2, -0.15) is 5.26 Å². The summed E-state index contributed by atoms with van der Waals surface area (Å²) in [7, 11) is 0. The molecule has 0 aliphatic carbocycles. The van der Waals surface area contributed by atoms with Gasteiger partial charge in [0, 0.05) is 10.4 Å². The largest absolute Gasteiger partial charge is 0.324 e. The number of nitrogens with one attached hydrogen (secondary N) is 1. The predicted molar refractivity (Wildman–Crippen MR) is 107 cm³/mol. The summed E-state index contributed by atoms with van der Waals surface area (Å²) in [5.74, 6) is -0.157. The molecule has 130 valence electrons. The lowest BCUT2D eigenvalue weighted by Crippen LogP contribution is -2.14. The molecule has 3 rings (SSSR count). The minimum atomic E-state index is -0.256. The van der Waals surface area contributed by atoms with Crippen LogP contribution in [0.15, 0.2) is 47.5 Å². The van der Waals surface area contributed by atoms with Crippen molar-refractivity contribution in [3.63, 3.8) is 0 Å². The van der Waals surface area contributed by atoms with Crippen LogP contribution >= 0.6 is 35.0 Å². The molecule has 1 heterocycles. The highest BCUT2D eigenvalue weighted by atomic mass is 35.5. The number of fused-ring (bicyclic) bond motifs is 1. The molecule has 3 aromatic rings. The van der Waals surface area contributed by atoms with Crippen molar-refractivity contribution in [1.29, 1.82) is 5.26 Å². The molecule has 4 nitrogen and oxygen atoms in total. The lowest BCUT2D eigenvalue weighted by Gasteiger charge is -2.09. The highest BCUT2D eigenvalue weighted by Crippen LogP contribution is 2.27. The summed E-state index contributed by atoms with van der Waals surface area (Å²) < 4.78 is 0. The minimum Gasteiger partial charge on any atom is -0.324 e. The predicted octanol–water partition coefficient (Wildman–Crippen LogP) is 5.45. The van der Waals surface area contributed by atoms with Gasteiger partial charge in [-0.25, -0.2) is 4.98 Å². The first-order chi connectivity index (χ1) is 12.5. The molecule has 0 bridgehead atoms. The van der Waals surface area contributed by atoms with E-state index in [1.165, 1.54) is 11.8 Å². The average molecular weight is 402 g/mol. The Labute approximate surface area is 165 Å². The third-order valence-electron chi connectivity index (χ3n) is 3.60. The van der Waals surface area contributed by atoms with Crippen LogP contribution in [-0.2, 0) is 4.79 Å². The highest BCUT2D eigenvalue weighted by molar-refractivity contribution is 8.00. The lowest BCUT2D eigenvalue weighted by atomic mass is 10.1. The number of aryl methyl sites for hydroxylation is 1. The fourth-order valence-electron chi connectivity index (χ4n) is 2.38. The number of halogens is 2. The third kappa shape index (κ3) is 4.28. The number of benzene rings is 2. The number of nitriles is 1. The summed E-state index contributed by atoms with van der Waals surface area (Å²) in [5.41, 5.74) is 2.78. The quantitative estimate of drug-likeness (QED) is 0.589. The second-order valence-corrected chi connectivity index (χ2v) is 7.42. The van der Waals surface area contributed by atoms with Crippen molar-refractivity contribution in [2.75, 3.05) is 11.1 Å². The molecule has 0 atom stereocenters. The summed E-state index contributed by atoms with van der Waals surface area (Å²) in [6.07, 6.45) is 0. The first kappa shape index (κ1) is 18.5. The van der Waals surface area contributed by atoms with E-state index in [2.05, 4.69) is 16.4 Å². The Morgan fingerprint density at radius 1 is 1.23 bits per heavy atom. The molecule has 0 aliphatic rings. The van der Waals surface area contributed by atoms with Crippen molar-refractivity contribution in [3.8, 4) is 6.07 Å². The molecule has 0 fully saturated rings. The fraction of sp³-hybridized carbons (Fsp3) is 0.105. The lowest BCUT2D eigenvalue weighted by molar-refractivity contribution is -0.113. The van der Waals surface area contributed by atoms with E-state index in [-0.39, 0.29) is 11.7 Å². The van der Waals surface area contributed by atoms with E-state index < -0.39 is 0 Å². The number of amides is 1. The van der Waals surface area contributed by atoms with E-state index in [0.717, 1.165) is 16.5 Å². The van der Waals surface area contributed by atoms with Gasteiger partial charge in [-0.3, -0.25) is 4.79 Å². The van der Waals surface area contributed by atoms with Crippen LogP contribution in [0.4, 0.5) is 5.69 Å². The second-order valence-electron chi connectivity index (χ2n) is 5.61. The number of hydrogen-bond acceptors (Lipinski definition) is 4. The molecule has 7 heteroatoms. The van der Waals surface area contributed by atoms with Crippen LogP contribution in [0, 0.1) is 18.3 Å². The molecular weight excluding hydrogens is 389 g/mol. The van der Waals surface area contributed by atoms with Crippen molar-refractivity contribution < 1.29 is 4.79 Å². The van der Waals surface area contributed by atoms with E-state index in [4.69, 9.17) is 23.2 Å². The summed E-state index contributed by atoms with van der Waals surface area (Å²) in [6, 6.07) is 14.6. The van der Waals surface area contributed by atoms with E-state index in [0.29, 0.717) is 26.3 Å². The van der Waals surface area contributed by atoms with Gasteiger partial charge < -0.3 is 5.32 Å². The second kappa shape index (κ2) is 7.96. The number of rotatable bonds is 4. The number of carbonyl (C=O) groups excluding carboxylic acids is 1. The van der Waals surface area contributed by atoms with Gasteiger partial charge in [0.25, 0.3) is 0 Å². The van der Waals surface area contributed by atoms with Gasteiger partial charge in [0.1, 0.15) is 11.1 Å². The molecule has 1 aromatic heterocycles. The monoisotopic (exact) mass is 401 g/mol. The molecule has 0 spiro atoms. The molecule has 0 radical (unpaired) electrons. The third-order valence-corrected chi connectivity index (χ3v) is 5.15. The van der Waals surface area contributed by atoms with Gasteiger partial charge in [-0.05, 0) is 43.3 Å². The Bertz CT molecular complexity index is 1050. The van der Waals surface area contributed by atoms with Crippen molar-refractivity contribution in [3.05, 3.63) is 63.6 Å². The zero-order valence-electron chi connectivity index (χ0n) is 13.7. The van der Waals surface area contributed by atoms with E-state index in [1.807, 2.05) is 25.1 Å². The molecular formula is C19H13Cl2N3OS. The number of thioether (sulfide) groups is 1. The number of anilines is 1. The summed E-state index contributed by atoms with van der Waals surface area (Å²) in [5, 5.41) is 14.4. The van der Waals surface area contributed by atoms with Gasteiger partial charge in [-0.1, -0.05) is 46.6 Å². The Morgan fingerprint density at radius 3 is 2.81 bits per heavy atom. The summed E-state index contributed by atoms with van der Waals surface area (Å²) >= 11 is 13.2. The summed E-state index contributed by atoms with van der Waals surface area (Å²) in [6.45, 7) is 1.99. The van der Waals surface area contributed by atoms with Crippen LogP contribution in [-0.4, -0.2) is 16.6 Å². The smallest absolute Gasteiger partial charge is 0.234 e. The van der Waals surface area contributed by atoms with Gasteiger partial charge in [0.15, 0.2) is 0 Å². The van der Waals surface area contributed by atoms with Crippen LogP contribution in [0.25, 0.3) is 10.9 Å². The Hall–Kier alpha value is -2.26. The Balaban J connectivity index is 1.76. The molecule has 26 heavy (non-hydrogen) atoms. The molecule has 0 aliphatic heterocycles. The molecule has 0 saturated heterocycles. The number of hydrogen-bond donors (Lipinski definition) is 1. The van der Waals surface area contributed by atoms with E-state index >= 15 is 0 Å². The normalized spacial score (nSPS) is 10.5. The van der Waals surface area contributed by atoms with E-state index in [9.17, 15) is 10.1 Å². The highest BCUT2D eigenvalue weighted by Gasteiger charge is 2.12. The van der Waals surface area contributed by atoms with Gasteiger partial charge in [-0.15, -0.1) is 0 Å². The molecule has 2 aromatic carbocycles. The van der Waals surface area contributed by atoms with Crippen LogP contribution < -0.4 is 5.32 Å². The maximum absolute atomic E-state index is 12.2. The fourth-order valence-corrected chi connectivity index (χ4v) is 3.48. The molecule has 1 amide bonds. The minimum absolute atomic E-state index is 0.0991. The van der Waals surface area contributed by atoms with Gasteiger partial charge in [0.05, 0.1) is 27.5 Å². The van der Waals surface area contributed by atoms with Crippen LogP contribution in [0.1, 0.15) is 11.1 Å². The van der Waals surface area contributed by atoms with Crippen molar-refractivity contribution in [2.45, 2.75) is 11.9 Å². The first-order valence-corrected chi connectivity index (χ1v) is 9.39. The number of aromatic nitrogens is 1. The standard InChI is InChI=1S/C19H13Cl2N3OS/c1-11-2-5-16-12(6-11)7-13(9-22)19(24-16)26-10-18(25)23-17-8-14(20)3-4-15(17)21/h2-8H,10H2,1H3,(H,23,25). The molecule has 1 N–H and O–H groups in total. The van der Waals surface area contributed by atoms with Crippen molar-refractivity contribution >= 4 is 57.5 Å². The zero-order valence-corrected chi connectivity index (χ0v) is 16.0. The maximum atomic E-state index is 12.2. The molecule has 0 unspecified atom stereocenters. The first-order valence-electron chi connectivity index (χ1n) is 7.65. The number of carbonyl (C=O) groups is 1. The van der Waals surface area contributed by atoms with Gasteiger partial charge in [0.2, 0.25) is 5.91 Å². The van der Waals surface area contributed by atoms with Gasteiger partial charge >= 0.3 is 0 Å². The number of nitrogens with zero attached hydrogens (tertiary/aromatic N) is 2. The van der Waals surface area contributed by atoms with E-state index in [1.54, 1.807) is 24.3 Å². The van der Waals surface area contributed by atoms with Crippen LogP contribution in [0.5, 0.6) is 0 Å². The average Bonchev–Trinajstić information content (AvgIpc) is 2.62. The topological polar surface area (TPSA) is 65.8 Å². The van der Waals surface area contributed by atoms with Crippen LogP contribution in [0.3, 0.4) is 0 Å². The summed E-state index contributed by atoms with van der Waals surface area (Å²) in [4.78, 5) is 16.7. The van der Waals surface area contributed by atoms with Crippen molar-refractivity contribution in [2.24, 2.45) is 0 Å². The SMILES string of the molecule is Cc1ccc2nc(SCC(=O)Nc3cc(Cl)ccc3Cl)c(C#N)cc2c1. The zero-order chi connectivity index (χ0) is 18.7.